The maximum atomic E-state index is 11.3. The van der Waals surface area contributed by atoms with Crippen molar-refractivity contribution < 1.29 is 14.3 Å². The Hall–Kier alpha value is -1.81. The molecule has 0 saturated heterocycles. The largest absolute Gasteiger partial charge is 0.493 e. The van der Waals surface area contributed by atoms with Crippen LogP contribution in [0.25, 0.3) is 0 Å². The fourth-order valence-electron chi connectivity index (χ4n) is 4.43. The first-order valence-corrected chi connectivity index (χ1v) is 8.33. The summed E-state index contributed by atoms with van der Waals surface area (Å²) in [5.74, 6) is 1.63. The summed E-state index contributed by atoms with van der Waals surface area (Å²) in [6.07, 6.45) is 7.11. The molecule has 2 heterocycles. The van der Waals surface area contributed by atoms with Gasteiger partial charge in [0, 0.05) is 17.5 Å². The van der Waals surface area contributed by atoms with Gasteiger partial charge in [-0.3, -0.25) is 4.90 Å². The molecule has 0 bridgehead atoms. The van der Waals surface area contributed by atoms with Crippen molar-refractivity contribution in [1.82, 2.24) is 4.90 Å². The third-order valence-electron chi connectivity index (χ3n) is 5.97. The molecule has 0 saturated carbocycles. The van der Waals surface area contributed by atoms with Gasteiger partial charge < -0.3 is 14.3 Å². The first-order valence-electron chi connectivity index (χ1n) is 8.33. The summed E-state index contributed by atoms with van der Waals surface area (Å²) >= 11 is 0. The van der Waals surface area contributed by atoms with Crippen molar-refractivity contribution in [3.05, 3.63) is 35.4 Å². The van der Waals surface area contributed by atoms with Crippen LogP contribution < -0.4 is 9.47 Å². The molecule has 4 nitrogen and oxygen atoms in total. The van der Waals surface area contributed by atoms with E-state index >= 15 is 0 Å². The van der Waals surface area contributed by atoms with Gasteiger partial charge in [-0.15, -0.1) is 0 Å². The first-order chi connectivity index (χ1) is 11.1. The zero-order valence-electron chi connectivity index (χ0n) is 13.9. The summed E-state index contributed by atoms with van der Waals surface area (Å²) in [4.78, 5) is 13.6. The summed E-state index contributed by atoms with van der Waals surface area (Å²) in [5, 5.41) is 0. The van der Waals surface area contributed by atoms with E-state index in [0.29, 0.717) is 6.04 Å². The summed E-state index contributed by atoms with van der Waals surface area (Å²) in [5.41, 5.74) is 2.47. The zero-order valence-corrected chi connectivity index (χ0v) is 13.9. The van der Waals surface area contributed by atoms with Crippen LogP contribution in [0, 0.1) is 5.92 Å². The molecule has 0 N–H and O–H groups in total. The number of methoxy groups -OCH3 is 1. The Labute approximate surface area is 137 Å². The van der Waals surface area contributed by atoms with Gasteiger partial charge >= 0.3 is 0 Å². The first kappa shape index (κ1) is 14.8. The second-order valence-corrected chi connectivity index (χ2v) is 7.01. The molecular formula is C19H23NO3. The third kappa shape index (κ3) is 1.91. The molecule has 0 radical (unpaired) electrons. The molecule has 1 aliphatic carbocycles. The van der Waals surface area contributed by atoms with E-state index in [4.69, 9.17) is 9.47 Å². The van der Waals surface area contributed by atoms with Crippen LogP contribution in [0.3, 0.4) is 0 Å². The second-order valence-electron chi connectivity index (χ2n) is 7.01. The highest BCUT2D eigenvalue weighted by molar-refractivity contribution is 5.64. The summed E-state index contributed by atoms with van der Waals surface area (Å²) in [7, 11) is 3.86. The monoisotopic (exact) mass is 313 g/mol. The Morgan fingerprint density at radius 2 is 2.26 bits per heavy atom. The van der Waals surface area contributed by atoms with Crippen molar-refractivity contribution in [2.24, 2.45) is 5.92 Å². The Morgan fingerprint density at radius 3 is 3.00 bits per heavy atom. The number of benzene rings is 1. The predicted molar refractivity (Wildman–Crippen MR) is 88.1 cm³/mol. The molecule has 0 fully saturated rings. The van der Waals surface area contributed by atoms with Crippen LogP contribution in [0.4, 0.5) is 0 Å². The number of rotatable bonds is 2. The van der Waals surface area contributed by atoms with Crippen molar-refractivity contribution in [2.45, 2.75) is 37.3 Å². The molecule has 3 aliphatic rings. The highest BCUT2D eigenvalue weighted by atomic mass is 16.5. The number of hydrogen-bond acceptors (Lipinski definition) is 4. The van der Waals surface area contributed by atoms with E-state index in [1.165, 1.54) is 11.1 Å². The van der Waals surface area contributed by atoms with E-state index < -0.39 is 0 Å². The van der Waals surface area contributed by atoms with Gasteiger partial charge in [-0.05, 0) is 45.0 Å². The fourth-order valence-corrected chi connectivity index (χ4v) is 4.43. The Balaban J connectivity index is 1.96. The van der Waals surface area contributed by atoms with Gasteiger partial charge in [-0.25, -0.2) is 0 Å². The summed E-state index contributed by atoms with van der Waals surface area (Å²) in [6, 6.07) is 4.53. The van der Waals surface area contributed by atoms with Gasteiger partial charge in [0.25, 0.3) is 0 Å². The van der Waals surface area contributed by atoms with Crippen molar-refractivity contribution in [3.8, 4) is 11.5 Å². The number of nitrogens with zero attached hydrogens (tertiary/aromatic N) is 1. The number of aldehydes is 1. The maximum absolute atomic E-state index is 11.3. The van der Waals surface area contributed by atoms with Crippen molar-refractivity contribution in [1.29, 1.82) is 0 Å². The van der Waals surface area contributed by atoms with Gasteiger partial charge in [0.1, 0.15) is 12.4 Å². The smallest absolute Gasteiger partial charge is 0.166 e. The molecule has 0 amide bonds. The minimum atomic E-state index is -0.127. The molecule has 1 aromatic carbocycles. The lowest BCUT2D eigenvalue weighted by Gasteiger charge is -2.35. The average molecular weight is 313 g/mol. The summed E-state index contributed by atoms with van der Waals surface area (Å²) < 4.78 is 11.9. The zero-order chi connectivity index (χ0) is 16.2. The van der Waals surface area contributed by atoms with Gasteiger partial charge in [-0.1, -0.05) is 18.2 Å². The highest BCUT2D eigenvalue weighted by Gasteiger charge is 2.53. The normalized spacial score (nSPS) is 35.0. The van der Waals surface area contributed by atoms with Crippen molar-refractivity contribution in [3.63, 3.8) is 0 Å². The van der Waals surface area contributed by atoms with Crippen LogP contribution in [0.1, 0.15) is 36.9 Å². The molecular weight excluding hydrogens is 290 g/mol. The van der Waals surface area contributed by atoms with Crippen LogP contribution in [-0.2, 0) is 10.2 Å². The molecule has 4 unspecified atom stereocenters. The Bertz CT molecular complexity index is 683. The van der Waals surface area contributed by atoms with Crippen LogP contribution in [0.15, 0.2) is 24.3 Å². The van der Waals surface area contributed by atoms with Gasteiger partial charge in [0.05, 0.1) is 12.5 Å². The van der Waals surface area contributed by atoms with Crippen LogP contribution in [0.5, 0.6) is 11.5 Å². The molecule has 4 rings (SSSR count). The standard InChI is InChI=1S/C19H23NO3/c1-12-14-4-5-15(22-3)18-17(14)19(8-9-20(12)2)7-6-13(11-21)10-16(19)23-18/h4-7,11-13,16H,8-10H2,1-3H3. The van der Waals surface area contributed by atoms with E-state index in [1.54, 1.807) is 7.11 Å². The second kappa shape index (κ2) is 5.10. The van der Waals surface area contributed by atoms with E-state index in [2.05, 4.69) is 37.1 Å². The average Bonchev–Trinajstić information content (AvgIpc) is 2.87. The van der Waals surface area contributed by atoms with Crippen molar-refractivity contribution >= 4 is 6.29 Å². The molecule has 1 spiro atoms. The minimum Gasteiger partial charge on any atom is -0.493 e. The van der Waals surface area contributed by atoms with Crippen LogP contribution >= 0.6 is 0 Å². The van der Waals surface area contributed by atoms with Crippen molar-refractivity contribution in [2.75, 3.05) is 20.7 Å². The minimum absolute atomic E-state index is 0.0199. The number of carbonyl (C=O) groups is 1. The Morgan fingerprint density at radius 1 is 1.43 bits per heavy atom. The van der Waals surface area contributed by atoms with E-state index in [-0.39, 0.29) is 17.4 Å². The Kier molecular flexibility index (Phi) is 3.27. The predicted octanol–water partition coefficient (Wildman–Crippen LogP) is 2.87. The quantitative estimate of drug-likeness (QED) is 0.622. The van der Waals surface area contributed by atoms with E-state index in [1.807, 2.05) is 6.07 Å². The van der Waals surface area contributed by atoms with Gasteiger partial charge in [-0.2, -0.15) is 0 Å². The molecule has 23 heavy (non-hydrogen) atoms. The number of hydrogen-bond donors (Lipinski definition) is 0. The number of ether oxygens (including phenoxy) is 2. The lowest BCUT2D eigenvalue weighted by atomic mass is 9.67. The number of allylic oxidation sites excluding steroid dienone is 1. The molecule has 122 valence electrons. The lowest BCUT2D eigenvalue weighted by molar-refractivity contribution is -0.110. The van der Waals surface area contributed by atoms with Gasteiger partial charge in [0.15, 0.2) is 11.5 Å². The highest BCUT2D eigenvalue weighted by Crippen LogP contribution is 2.57. The van der Waals surface area contributed by atoms with E-state index in [0.717, 1.165) is 37.2 Å². The third-order valence-corrected chi connectivity index (χ3v) is 5.97. The maximum Gasteiger partial charge on any atom is 0.166 e. The van der Waals surface area contributed by atoms with Crippen LogP contribution in [0.2, 0.25) is 0 Å². The topological polar surface area (TPSA) is 38.8 Å². The molecule has 2 aliphatic heterocycles. The number of carbonyl (C=O) groups excluding carboxylic acids is 1. The van der Waals surface area contributed by atoms with Gasteiger partial charge in [0.2, 0.25) is 0 Å². The van der Waals surface area contributed by atoms with E-state index in [9.17, 15) is 4.79 Å². The molecule has 4 atom stereocenters. The molecule has 0 aromatic heterocycles. The van der Waals surface area contributed by atoms with Crippen LogP contribution in [-0.4, -0.2) is 38.0 Å². The molecule has 4 heteroatoms. The fraction of sp³-hybridized carbons (Fsp3) is 0.526. The molecule has 1 aromatic rings. The summed E-state index contributed by atoms with van der Waals surface area (Å²) in [6.45, 7) is 3.25. The lowest BCUT2D eigenvalue weighted by Crippen LogP contribution is -2.41. The SMILES string of the molecule is COc1ccc2c3c1OC1CC(C=O)C=CC31CCN(C)C2C.